The van der Waals surface area contributed by atoms with Gasteiger partial charge in [-0.25, -0.2) is 0 Å². The second kappa shape index (κ2) is 4.84. The summed E-state index contributed by atoms with van der Waals surface area (Å²) in [5, 5.41) is 4.06. The number of aryl methyl sites for hydroxylation is 2. The van der Waals surface area contributed by atoms with Crippen LogP contribution in [0.2, 0.25) is 0 Å². The van der Waals surface area contributed by atoms with Crippen LogP contribution in [-0.4, -0.2) is 15.6 Å². The number of nitrogens with zero attached hydrogens (tertiary/aromatic N) is 2. The van der Waals surface area contributed by atoms with Crippen LogP contribution >= 0.6 is 15.9 Å². The van der Waals surface area contributed by atoms with Crippen molar-refractivity contribution in [1.82, 2.24) is 9.78 Å². The Hall–Kier alpha value is -1.42. The number of carbonyl (C=O) groups is 1. The quantitative estimate of drug-likeness (QED) is 0.816. The summed E-state index contributed by atoms with van der Waals surface area (Å²) in [6.07, 6.45) is 3.99. The molecule has 1 heterocycles. The molecule has 0 aliphatic heterocycles. The van der Waals surface area contributed by atoms with Gasteiger partial charge >= 0.3 is 0 Å². The minimum Gasteiger partial charge on any atom is -0.294 e. The lowest BCUT2D eigenvalue weighted by Gasteiger charge is -2.04. The van der Waals surface area contributed by atoms with Gasteiger partial charge in [-0.15, -0.1) is 0 Å². The van der Waals surface area contributed by atoms with Crippen LogP contribution in [0.15, 0.2) is 35.1 Å². The van der Waals surface area contributed by atoms with Gasteiger partial charge in [0, 0.05) is 29.7 Å². The van der Waals surface area contributed by atoms with Gasteiger partial charge in [-0.05, 0) is 30.2 Å². The predicted octanol–water partition coefficient (Wildman–Crippen LogP) is 2.92. The molecule has 2 aromatic rings. The van der Waals surface area contributed by atoms with Gasteiger partial charge < -0.3 is 0 Å². The molecular weight excluding hydrogens is 280 g/mol. The van der Waals surface area contributed by atoms with E-state index in [4.69, 9.17) is 0 Å². The SMILES string of the molecule is Cc1ccc(Br)cc1C(=O)Cc1cnn(C)c1. The molecule has 0 saturated carbocycles. The zero-order chi connectivity index (χ0) is 12.4. The average Bonchev–Trinajstić information content (AvgIpc) is 2.67. The van der Waals surface area contributed by atoms with E-state index >= 15 is 0 Å². The first-order chi connectivity index (χ1) is 8.06. The van der Waals surface area contributed by atoms with Crippen LogP contribution < -0.4 is 0 Å². The molecule has 0 aliphatic carbocycles. The zero-order valence-electron chi connectivity index (χ0n) is 9.77. The molecule has 0 bridgehead atoms. The molecule has 0 amide bonds. The number of hydrogen-bond donors (Lipinski definition) is 0. The van der Waals surface area contributed by atoms with Crippen molar-refractivity contribution in [2.75, 3.05) is 0 Å². The zero-order valence-corrected chi connectivity index (χ0v) is 11.4. The fourth-order valence-electron chi connectivity index (χ4n) is 1.74. The normalized spacial score (nSPS) is 10.5. The van der Waals surface area contributed by atoms with Crippen molar-refractivity contribution in [3.8, 4) is 0 Å². The van der Waals surface area contributed by atoms with E-state index in [-0.39, 0.29) is 5.78 Å². The number of ketones is 1. The molecule has 88 valence electrons. The molecule has 1 aromatic carbocycles. The summed E-state index contributed by atoms with van der Waals surface area (Å²) in [7, 11) is 1.85. The van der Waals surface area contributed by atoms with E-state index in [1.54, 1.807) is 10.9 Å². The first-order valence-corrected chi connectivity index (χ1v) is 6.12. The predicted molar refractivity (Wildman–Crippen MR) is 70.1 cm³/mol. The Morgan fingerprint density at radius 2 is 2.24 bits per heavy atom. The summed E-state index contributed by atoms with van der Waals surface area (Å²) in [6, 6.07) is 5.75. The average molecular weight is 293 g/mol. The van der Waals surface area contributed by atoms with Crippen LogP contribution in [0.25, 0.3) is 0 Å². The highest BCUT2D eigenvalue weighted by Crippen LogP contribution is 2.18. The van der Waals surface area contributed by atoms with E-state index in [9.17, 15) is 4.79 Å². The fraction of sp³-hybridized carbons (Fsp3) is 0.231. The maximum absolute atomic E-state index is 12.1. The largest absolute Gasteiger partial charge is 0.294 e. The van der Waals surface area contributed by atoms with Gasteiger partial charge in [0.1, 0.15) is 0 Å². The Labute approximate surface area is 109 Å². The summed E-state index contributed by atoms with van der Waals surface area (Å²) >= 11 is 3.39. The van der Waals surface area contributed by atoms with Gasteiger partial charge in [0.25, 0.3) is 0 Å². The molecule has 17 heavy (non-hydrogen) atoms. The number of carbonyl (C=O) groups excluding carboxylic acids is 1. The van der Waals surface area contributed by atoms with Crippen molar-refractivity contribution in [2.24, 2.45) is 7.05 Å². The third-order valence-electron chi connectivity index (χ3n) is 2.62. The van der Waals surface area contributed by atoms with Gasteiger partial charge in [0.05, 0.1) is 6.20 Å². The van der Waals surface area contributed by atoms with Gasteiger partial charge in [-0.1, -0.05) is 22.0 Å². The highest BCUT2D eigenvalue weighted by Gasteiger charge is 2.11. The van der Waals surface area contributed by atoms with Crippen molar-refractivity contribution in [2.45, 2.75) is 13.3 Å². The lowest BCUT2D eigenvalue weighted by Crippen LogP contribution is -2.05. The van der Waals surface area contributed by atoms with Gasteiger partial charge in [0.15, 0.2) is 5.78 Å². The molecule has 1 aromatic heterocycles. The van der Waals surface area contributed by atoms with Crippen molar-refractivity contribution in [3.63, 3.8) is 0 Å². The van der Waals surface area contributed by atoms with Crippen molar-refractivity contribution < 1.29 is 4.79 Å². The molecule has 0 N–H and O–H groups in total. The summed E-state index contributed by atoms with van der Waals surface area (Å²) < 4.78 is 2.63. The van der Waals surface area contributed by atoms with E-state index in [1.807, 2.05) is 38.4 Å². The van der Waals surface area contributed by atoms with E-state index in [0.717, 1.165) is 21.2 Å². The minimum atomic E-state index is 0.122. The first kappa shape index (κ1) is 12.0. The molecule has 0 atom stereocenters. The van der Waals surface area contributed by atoms with Crippen LogP contribution in [0, 0.1) is 6.92 Å². The lowest BCUT2D eigenvalue weighted by molar-refractivity contribution is 0.0992. The van der Waals surface area contributed by atoms with Crippen LogP contribution in [0.3, 0.4) is 0 Å². The van der Waals surface area contributed by atoms with Crippen LogP contribution in [-0.2, 0) is 13.5 Å². The number of rotatable bonds is 3. The smallest absolute Gasteiger partial charge is 0.167 e. The minimum absolute atomic E-state index is 0.122. The van der Waals surface area contributed by atoms with E-state index in [2.05, 4.69) is 21.0 Å². The molecule has 3 nitrogen and oxygen atoms in total. The van der Waals surface area contributed by atoms with E-state index in [0.29, 0.717) is 6.42 Å². The van der Waals surface area contributed by atoms with Crippen LogP contribution in [0.1, 0.15) is 21.5 Å². The van der Waals surface area contributed by atoms with Crippen LogP contribution in [0.5, 0.6) is 0 Å². The first-order valence-electron chi connectivity index (χ1n) is 5.33. The fourth-order valence-corrected chi connectivity index (χ4v) is 2.10. The third kappa shape index (κ3) is 2.82. The Morgan fingerprint density at radius 1 is 1.47 bits per heavy atom. The molecule has 0 radical (unpaired) electrons. The molecule has 0 saturated heterocycles. The van der Waals surface area contributed by atoms with Gasteiger partial charge in [-0.2, -0.15) is 5.10 Å². The van der Waals surface area contributed by atoms with Crippen LogP contribution in [0.4, 0.5) is 0 Å². The number of hydrogen-bond acceptors (Lipinski definition) is 2. The van der Waals surface area contributed by atoms with E-state index < -0.39 is 0 Å². The highest BCUT2D eigenvalue weighted by molar-refractivity contribution is 9.10. The summed E-state index contributed by atoms with van der Waals surface area (Å²) in [5.41, 5.74) is 2.71. The molecule has 0 spiro atoms. The van der Waals surface area contributed by atoms with E-state index in [1.165, 1.54) is 0 Å². The topological polar surface area (TPSA) is 34.9 Å². The maximum Gasteiger partial charge on any atom is 0.167 e. The van der Waals surface area contributed by atoms with Crippen molar-refractivity contribution >= 4 is 21.7 Å². The second-order valence-corrected chi connectivity index (χ2v) is 5.00. The maximum atomic E-state index is 12.1. The Balaban J connectivity index is 2.22. The second-order valence-electron chi connectivity index (χ2n) is 4.08. The van der Waals surface area contributed by atoms with Gasteiger partial charge in [0.2, 0.25) is 0 Å². The number of benzene rings is 1. The number of aromatic nitrogens is 2. The monoisotopic (exact) mass is 292 g/mol. The molecule has 4 heteroatoms. The Kier molecular flexibility index (Phi) is 3.43. The molecular formula is C13H13BrN2O. The summed E-state index contributed by atoms with van der Waals surface area (Å²) in [6.45, 7) is 1.95. The summed E-state index contributed by atoms with van der Waals surface area (Å²) in [4.78, 5) is 12.1. The van der Waals surface area contributed by atoms with Crippen molar-refractivity contribution in [3.05, 3.63) is 51.8 Å². The van der Waals surface area contributed by atoms with Crippen molar-refractivity contribution in [1.29, 1.82) is 0 Å². The number of Topliss-reactive ketones (excluding diaryl/α,β-unsaturated/α-hetero) is 1. The molecule has 2 rings (SSSR count). The number of halogens is 1. The lowest BCUT2D eigenvalue weighted by atomic mass is 10.0. The molecule has 0 aliphatic rings. The Morgan fingerprint density at radius 3 is 2.88 bits per heavy atom. The standard InChI is InChI=1S/C13H13BrN2O/c1-9-3-4-11(14)6-12(9)13(17)5-10-7-15-16(2)8-10/h3-4,6-8H,5H2,1-2H3. The Bertz CT molecular complexity index is 560. The molecule has 0 fully saturated rings. The third-order valence-corrected chi connectivity index (χ3v) is 3.12. The molecule has 0 unspecified atom stereocenters. The van der Waals surface area contributed by atoms with Gasteiger partial charge in [-0.3, -0.25) is 9.48 Å². The highest BCUT2D eigenvalue weighted by atomic mass is 79.9. The summed E-state index contributed by atoms with van der Waals surface area (Å²) in [5.74, 6) is 0.122.